The monoisotopic (exact) mass is 470 g/mol. The fourth-order valence-electron chi connectivity index (χ4n) is 4.78. The number of likely N-dealkylation sites (tertiary alicyclic amines) is 1. The van der Waals surface area contributed by atoms with Gasteiger partial charge in [0.2, 0.25) is 0 Å². The SMILES string of the molecule is Cn1cc(-c2ccc(-c3ccc4ncc5c(c4n3)n(C3CCN(C(=O)O)C3)c(=O)n5C)cn2)cn1. The van der Waals surface area contributed by atoms with Crippen LogP contribution in [0.15, 0.2) is 53.8 Å². The van der Waals surface area contributed by atoms with Crippen LogP contribution in [0.4, 0.5) is 4.79 Å². The van der Waals surface area contributed by atoms with Gasteiger partial charge in [-0.15, -0.1) is 0 Å². The van der Waals surface area contributed by atoms with E-state index in [0.717, 1.165) is 16.8 Å². The van der Waals surface area contributed by atoms with E-state index in [9.17, 15) is 14.7 Å². The fourth-order valence-corrected chi connectivity index (χ4v) is 4.78. The van der Waals surface area contributed by atoms with E-state index in [1.807, 2.05) is 37.5 Å². The summed E-state index contributed by atoms with van der Waals surface area (Å²) < 4.78 is 4.96. The number of rotatable bonds is 3. The van der Waals surface area contributed by atoms with Gasteiger partial charge < -0.3 is 10.0 Å². The largest absolute Gasteiger partial charge is 0.465 e. The zero-order valence-electron chi connectivity index (χ0n) is 19.2. The molecule has 0 aromatic carbocycles. The molecule has 5 aromatic heterocycles. The first-order valence-electron chi connectivity index (χ1n) is 11.2. The molecule has 6 rings (SSSR count). The number of nitrogens with zero attached hydrogens (tertiary/aromatic N) is 8. The van der Waals surface area contributed by atoms with E-state index >= 15 is 0 Å². The average molecular weight is 470 g/mol. The number of carboxylic acid groups (broad SMARTS) is 1. The number of imidazole rings is 1. The van der Waals surface area contributed by atoms with Gasteiger partial charge in [0.05, 0.1) is 46.4 Å². The maximum absolute atomic E-state index is 13.2. The van der Waals surface area contributed by atoms with E-state index in [2.05, 4.69) is 15.1 Å². The first kappa shape index (κ1) is 21.0. The Kier molecular flexibility index (Phi) is 4.66. The third-order valence-electron chi connectivity index (χ3n) is 6.62. The Labute approximate surface area is 198 Å². The van der Waals surface area contributed by atoms with Gasteiger partial charge in [-0.1, -0.05) is 0 Å². The zero-order chi connectivity index (χ0) is 24.3. The highest BCUT2D eigenvalue weighted by Gasteiger charge is 2.31. The number of hydrogen-bond donors (Lipinski definition) is 1. The van der Waals surface area contributed by atoms with Gasteiger partial charge in [0, 0.05) is 50.7 Å². The molecule has 1 saturated heterocycles. The van der Waals surface area contributed by atoms with Crippen LogP contribution in [0.5, 0.6) is 0 Å². The summed E-state index contributed by atoms with van der Waals surface area (Å²) in [6.45, 7) is 0.650. The molecule has 1 N–H and O–H groups in total. The van der Waals surface area contributed by atoms with Crippen molar-refractivity contribution in [3.63, 3.8) is 0 Å². The Balaban J connectivity index is 1.48. The highest BCUT2D eigenvalue weighted by atomic mass is 16.4. The average Bonchev–Trinajstić information content (AvgIpc) is 3.58. The Morgan fingerprint density at radius 3 is 2.54 bits per heavy atom. The lowest BCUT2D eigenvalue weighted by atomic mass is 10.1. The van der Waals surface area contributed by atoms with Crippen LogP contribution in [0.1, 0.15) is 12.5 Å². The molecule has 0 bridgehead atoms. The summed E-state index contributed by atoms with van der Waals surface area (Å²) in [5, 5.41) is 13.6. The van der Waals surface area contributed by atoms with Gasteiger partial charge in [-0.25, -0.2) is 14.6 Å². The molecule has 0 aliphatic carbocycles. The van der Waals surface area contributed by atoms with Crippen molar-refractivity contribution < 1.29 is 9.90 Å². The van der Waals surface area contributed by atoms with Crippen molar-refractivity contribution in [2.24, 2.45) is 14.1 Å². The lowest BCUT2D eigenvalue weighted by molar-refractivity contribution is 0.154. The number of fused-ring (bicyclic) bond motifs is 3. The Morgan fingerprint density at radius 2 is 1.86 bits per heavy atom. The summed E-state index contributed by atoms with van der Waals surface area (Å²) in [5.74, 6) is 0. The van der Waals surface area contributed by atoms with Gasteiger partial charge in [0.15, 0.2) is 0 Å². The van der Waals surface area contributed by atoms with Gasteiger partial charge in [0.1, 0.15) is 5.52 Å². The minimum atomic E-state index is -0.977. The zero-order valence-corrected chi connectivity index (χ0v) is 19.2. The molecule has 11 nitrogen and oxygen atoms in total. The van der Waals surface area contributed by atoms with E-state index < -0.39 is 6.09 Å². The van der Waals surface area contributed by atoms with Crippen LogP contribution in [0.25, 0.3) is 44.6 Å². The van der Waals surface area contributed by atoms with Crippen molar-refractivity contribution in [1.82, 2.24) is 38.8 Å². The molecular formula is C24H22N8O3. The Hall–Kier alpha value is -4.54. The third-order valence-corrected chi connectivity index (χ3v) is 6.62. The predicted molar refractivity (Wildman–Crippen MR) is 129 cm³/mol. The van der Waals surface area contributed by atoms with Gasteiger partial charge >= 0.3 is 11.8 Å². The first-order chi connectivity index (χ1) is 16.9. The van der Waals surface area contributed by atoms with Crippen LogP contribution in [0.3, 0.4) is 0 Å². The lowest BCUT2D eigenvalue weighted by Gasteiger charge is -2.14. The van der Waals surface area contributed by atoms with E-state index in [4.69, 9.17) is 4.98 Å². The second-order valence-corrected chi connectivity index (χ2v) is 8.77. The summed E-state index contributed by atoms with van der Waals surface area (Å²) >= 11 is 0. The van der Waals surface area contributed by atoms with Crippen LogP contribution < -0.4 is 5.69 Å². The Morgan fingerprint density at radius 1 is 1.03 bits per heavy atom. The van der Waals surface area contributed by atoms with Crippen LogP contribution in [0, 0.1) is 0 Å². The summed E-state index contributed by atoms with van der Waals surface area (Å²) in [7, 11) is 3.56. The van der Waals surface area contributed by atoms with Crippen LogP contribution in [-0.2, 0) is 14.1 Å². The van der Waals surface area contributed by atoms with Crippen molar-refractivity contribution in [1.29, 1.82) is 0 Å². The maximum atomic E-state index is 13.2. The molecular weight excluding hydrogens is 448 g/mol. The molecule has 6 heterocycles. The van der Waals surface area contributed by atoms with Gasteiger partial charge in [-0.2, -0.15) is 5.10 Å². The molecule has 0 radical (unpaired) electrons. The molecule has 176 valence electrons. The Bertz CT molecular complexity index is 1660. The highest BCUT2D eigenvalue weighted by molar-refractivity contribution is 6.00. The molecule has 11 heteroatoms. The van der Waals surface area contributed by atoms with Crippen molar-refractivity contribution >= 4 is 28.2 Å². The van der Waals surface area contributed by atoms with Gasteiger partial charge in [0.25, 0.3) is 0 Å². The second-order valence-electron chi connectivity index (χ2n) is 8.77. The van der Waals surface area contributed by atoms with Crippen molar-refractivity contribution in [2.75, 3.05) is 13.1 Å². The number of aromatic nitrogens is 7. The topological polar surface area (TPSA) is 124 Å². The molecule has 1 fully saturated rings. The minimum absolute atomic E-state index is 0.207. The number of pyridine rings is 3. The molecule has 35 heavy (non-hydrogen) atoms. The quantitative estimate of drug-likeness (QED) is 0.430. The van der Waals surface area contributed by atoms with Gasteiger partial charge in [-0.05, 0) is 30.7 Å². The summed E-state index contributed by atoms with van der Waals surface area (Å²) in [4.78, 5) is 40.0. The van der Waals surface area contributed by atoms with E-state index in [0.29, 0.717) is 40.7 Å². The van der Waals surface area contributed by atoms with E-state index in [-0.39, 0.29) is 18.3 Å². The van der Waals surface area contributed by atoms with Crippen LogP contribution in [0.2, 0.25) is 0 Å². The fraction of sp³-hybridized carbons (Fsp3) is 0.250. The van der Waals surface area contributed by atoms with Crippen molar-refractivity contribution in [3.05, 3.63) is 59.5 Å². The highest BCUT2D eigenvalue weighted by Crippen LogP contribution is 2.30. The molecule has 1 unspecified atom stereocenters. The van der Waals surface area contributed by atoms with E-state index in [1.54, 1.807) is 39.5 Å². The number of carbonyl (C=O) groups is 1. The standard InChI is InChI=1S/C24H22N8O3/c1-29-12-15(10-27-29)17-4-3-14(9-25-17)18-5-6-19-21(28-18)22-20(11-26-19)30(2)23(33)32(22)16-7-8-31(13-16)24(34)35/h3-6,9-12,16H,7-8,13H2,1-2H3,(H,34,35). The smallest absolute Gasteiger partial charge is 0.407 e. The second kappa shape index (κ2) is 7.76. The molecule has 0 saturated carbocycles. The number of hydrogen-bond acceptors (Lipinski definition) is 6. The summed E-state index contributed by atoms with van der Waals surface area (Å²) in [6, 6.07) is 7.38. The van der Waals surface area contributed by atoms with Crippen molar-refractivity contribution in [2.45, 2.75) is 12.5 Å². The number of aryl methyl sites for hydroxylation is 2. The first-order valence-corrected chi connectivity index (χ1v) is 11.2. The molecule has 5 aromatic rings. The summed E-state index contributed by atoms with van der Waals surface area (Å²) in [6.07, 6.45) is 6.70. The number of amides is 1. The summed E-state index contributed by atoms with van der Waals surface area (Å²) in [5.41, 5.74) is 5.66. The normalized spacial score (nSPS) is 15.9. The van der Waals surface area contributed by atoms with Crippen LogP contribution >= 0.6 is 0 Å². The molecule has 0 spiro atoms. The third kappa shape index (κ3) is 3.35. The van der Waals surface area contributed by atoms with Gasteiger partial charge in [-0.3, -0.25) is 23.8 Å². The molecule has 1 aliphatic rings. The van der Waals surface area contributed by atoms with Crippen LogP contribution in [-0.4, -0.2) is 63.1 Å². The molecule has 1 atom stereocenters. The van der Waals surface area contributed by atoms with Crippen molar-refractivity contribution in [3.8, 4) is 22.5 Å². The minimum Gasteiger partial charge on any atom is -0.465 e. The molecule has 1 amide bonds. The lowest BCUT2D eigenvalue weighted by Crippen LogP contribution is -2.30. The molecule has 1 aliphatic heterocycles. The maximum Gasteiger partial charge on any atom is 0.407 e. The predicted octanol–water partition coefficient (Wildman–Crippen LogP) is 2.67. The van der Waals surface area contributed by atoms with E-state index in [1.165, 1.54) is 4.90 Å².